The predicted octanol–water partition coefficient (Wildman–Crippen LogP) is 1.97. The quantitative estimate of drug-likeness (QED) is 0.241. The van der Waals surface area contributed by atoms with Crippen molar-refractivity contribution >= 4 is 52.1 Å². The summed E-state index contributed by atoms with van der Waals surface area (Å²) in [4.78, 5) is 10.7. The van der Waals surface area contributed by atoms with E-state index in [4.69, 9.17) is 26.8 Å². The molecule has 0 fully saturated rings. The molecule has 9 heteroatoms. The van der Waals surface area contributed by atoms with E-state index in [0.717, 1.165) is 9.13 Å². The van der Waals surface area contributed by atoms with Crippen molar-refractivity contribution in [1.29, 1.82) is 0 Å². The summed E-state index contributed by atoms with van der Waals surface area (Å²) in [5.74, 6) is -0.172. The molecule has 0 aliphatic heterocycles. The lowest BCUT2D eigenvalue weighted by Gasteiger charge is -2.13. The summed E-state index contributed by atoms with van der Waals surface area (Å²) in [6.45, 7) is 4.49. The van der Waals surface area contributed by atoms with E-state index in [0.29, 0.717) is 29.8 Å². The van der Waals surface area contributed by atoms with E-state index in [1.165, 1.54) is 0 Å². The van der Waals surface area contributed by atoms with Gasteiger partial charge in [-0.15, -0.1) is 0 Å². The third-order valence-corrected chi connectivity index (χ3v) is 3.43. The molecule has 23 heavy (non-hydrogen) atoms. The highest BCUT2D eigenvalue weighted by Gasteiger charge is 2.13. The first-order valence-electron chi connectivity index (χ1n) is 6.85. The van der Waals surface area contributed by atoms with Crippen LogP contribution in [-0.4, -0.2) is 42.2 Å². The van der Waals surface area contributed by atoms with Gasteiger partial charge in [0.2, 0.25) is 0 Å². The molecule has 0 amide bonds. The number of aliphatic carboxylic acids is 1. The van der Waals surface area contributed by atoms with Gasteiger partial charge in [-0.3, -0.25) is 5.43 Å². The first-order valence-corrected chi connectivity index (χ1v) is 8.34. The SMILES string of the molecule is CCNC(=S)N/N=C\c1cc(I)c(OCC(=O)O)c(OCC)c1. The zero-order chi connectivity index (χ0) is 17.2. The van der Waals surface area contributed by atoms with Crippen LogP contribution in [0.2, 0.25) is 0 Å². The number of nitrogens with one attached hydrogen (secondary N) is 2. The summed E-state index contributed by atoms with van der Waals surface area (Å²) in [7, 11) is 0. The highest BCUT2D eigenvalue weighted by Crippen LogP contribution is 2.33. The fraction of sp³-hybridized carbons (Fsp3) is 0.357. The minimum Gasteiger partial charge on any atom is -0.490 e. The van der Waals surface area contributed by atoms with Gasteiger partial charge in [-0.1, -0.05) is 0 Å². The molecular formula is C14H18IN3O4S. The second kappa shape index (κ2) is 10.2. The van der Waals surface area contributed by atoms with Crippen molar-refractivity contribution < 1.29 is 19.4 Å². The highest BCUT2D eigenvalue weighted by molar-refractivity contribution is 14.1. The molecule has 0 saturated carbocycles. The topological polar surface area (TPSA) is 92.2 Å². The molecule has 1 aromatic carbocycles. The number of thiocarbonyl (C=S) groups is 1. The first-order chi connectivity index (χ1) is 11.0. The Balaban J connectivity index is 2.91. The number of hydrazone groups is 1. The Morgan fingerprint density at radius 1 is 1.43 bits per heavy atom. The van der Waals surface area contributed by atoms with E-state index in [2.05, 4.69) is 38.4 Å². The molecule has 1 aromatic rings. The van der Waals surface area contributed by atoms with E-state index in [1.807, 2.05) is 19.9 Å². The van der Waals surface area contributed by atoms with Crippen LogP contribution in [-0.2, 0) is 4.79 Å². The Bertz CT molecular complexity index is 596. The molecule has 0 spiro atoms. The summed E-state index contributed by atoms with van der Waals surface area (Å²) in [5, 5.41) is 16.1. The van der Waals surface area contributed by atoms with Crippen molar-refractivity contribution in [1.82, 2.24) is 10.7 Å². The van der Waals surface area contributed by atoms with Gasteiger partial charge in [-0.2, -0.15) is 5.10 Å². The Morgan fingerprint density at radius 3 is 2.78 bits per heavy atom. The van der Waals surface area contributed by atoms with Crippen LogP contribution in [0.1, 0.15) is 19.4 Å². The van der Waals surface area contributed by atoms with Gasteiger partial charge in [0.15, 0.2) is 23.2 Å². The Labute approximate surface area is 153 Å². The van der Waals surface area contributed by atoms with Gasteiger partial charge in [0.05, 0.1) is 16.4 Å². The molecule has 0 atom stereocenters. The summed E-state index contributed by atoms with van der Waals surface area (Å²) in [6.07, 6.45) is 1.59. The maximum Gasteiger partial charge on any atom is 0.341 e. The zero-order valence-corrected chi connectivity index (χ0v) is 15.7. The highest BCUT2D eigenvalue weighted by atomic mass is 127. The van der Waals surface area contributed by atoms with Gasteiger partial charge in [0, 0.05) is 6.54 Å². The molecule has 0 aliphatic rings. The molecule has 0 aromatic heterocycles. The van der Waals surface area contributed by atoms with Crippen LogP contribution < -0.4 is 20.2 Å². The maximum absolute atomic E-state index is 10.7. The lowest BCUT2D eigenvalue weighted by molar-refractivity contribution is -0.139. The van der Waals surface area contributed by atoms with E-state index >= 15 is 0 Å². The second-order valence-corrected chi connectivity index (χ2v) is 5.75. The Morgan fingerprint density at radius 2 is 2.17 bits per heavy atom. The molecule has 0 aliphatic carbocycles. The lowest BCUT2D eigenvalue weighted by Crippen LogP contribution is -2.31. The van der Waals surface area contributed by atoms with Gasteiger partial charge in [0.25, 0.3) is 0 Å². The summed E-state index contributed by atoms with van der Waals surface area (Å²) in [6, 6.07) is 3.53. The van der Waals surface area contributed by atoms with Crippen LogP contribution in [0.4, 0.5) is 0 Å². The number of nitrogens with zero attached hydrogens (tertiary/aromatic N) is 1. The monoisotopic (exact) mass is 451 g/mol. The van der Waals surface area contributed by atoms with E-state index in [1.54, 1.807) is 12.3 Å². The van der Waals surface area contributed by atoms with E-state index in [-0.39, 0.29) is 0 Å². The molecule has 3 N–H and O–H groups in total. The maximum atomic E-state index is 10.7. The molecule has 1 rings (SSSR count). The number of carboxylic acids is 1. The number of carbonyl (C=O) groups is 1. The largest absolute Gasteiger partial charge is 0.490 e. The number of hydrogen-bond acceptors (Lipinski definition) is 5. The van der Waals surface area contributed by atoms with Gasteiger partial charge >= 0.3 is 5.97 Å². The summed E-state index contributed by atoms with van der Waals surface area (Å²) in [5.41, 5.74) is 3.47. The van der Waals surface area contributed by atoms with Gasteiger partial charge in [-0.05, 0) is 66.4 Å². The third kappa shape index (κ3) is 6.99. The minimum atomic E-state index is -1.05. The van der Waals surface area contributed by atoms with Crippen LogP contribution in [0, 0.1) is 3.57 Å². The molecule has 0 heterocycles. The number of benzene rings is 1. The fourth-order valence-electron chi connectivity index (χ4n) is 1.56. The van der Waals surface area contributed by atoms with Gasteiger partial charge in [0.1, 0.15) is 0 Å². The van der Waals surface area contributed by atoms with Crippen molar-refractivity contribution in [3.05, 3.63) is 21.3 Å². The normalized spacial score (nSPS) is 10.4. The first kappa shape index (κ1) is 19.4. The zero-order valence-electron chi connectivity index (χ0n) is 12.8. The summed E-state index contributed by atoms with van der Waals surface area (Å²) < 4.78 is 11.5. The van der Waals surface area contributed by atoms with Crippen molar-refractivity contribution in [2.75, 3.05) is 19.8 Å². The number of halogens is 1. The number of carboxylic acid groups (broad SMARTS) is 1. The van der Waals surface area contributed by atoms with E-state index in [9.17, 15) is 4.79 Å². The van der Waals surface area contributed by atoms with Crippen LogP contribution >= 0.6 is 34.8 Å². The van der Waals surface area contributed by atoms with Crippen molar-refractivity contribution in [2.45, 2.75) is 13.8 Å². The molecular weight excluding hydrogens is 433 g/mol. The smallest absolute Gasteiger partial charge is 0.341 e. The molecule has 7 nitrogen and oxygen atoms in total. The van der Waals surface area contributed by atoms with Crippen molar-refractivity contribution in [3.63, 3.8) is 0 Å². The van der Waals surface area contributed by atoms with Crippen LogP contribution in [0.3, 0.4) is 0 Å². The Hall–Kier alpha value is -1.62. The molecule has 126 valence electrons. The average molecular weight is 451 g/mol. The van der Waals surface area contributed by atoms with Crippen molar-refractivity contribution in [2.24, 2.45) is 5.10 Å². The number of hydrogen-bond donors (Lipinski definition) is 3. The molecule has 0 bridgehead atoms. The lowest BCUT2D eigenvalue weighted by atomic mass is 10.2. The number of ether oxygens (including phenoxy) is 2. The predicted molar refractivity (Wildman–Crippen MR) is 100 cm³/mol. The molecule has 0 radical (unpaired) electrons. The average Bonchev–Trinajstić information content (AvgIpc) is 2.46. The van der Waals surface area contributed by atoms with E-state index < -0.39 is 12.6 Å². The second-order valence-electron chi connectivity index (χ2n) is 4.17. The fourth-order valence-corrected chi connectivity index (χ4v) is 2.54. The van der Waals surface area contributed by atoms with Crippen LogP contribution in [0.25, 0.3) is 0 Å². The van der Waals surface area contributed by atoms with Crippen LogP contribution in [0.5, 0.6) is 11.5 Å². The Kier molecular flexibility index (Phi) is 8.62. The molecule has 0 unspecified atom stereocenters. The van der Waals surface area contributed by atoms with Gasteiger partial charge < -0.3 is 19.9 Å². The minimum absolute atomic E-state index is 0.406. The molecule has 0 saturated heterocycles. The standard InChI is InChI=1S/C14H18IN3O4S/c1-3-16-14(23)18-17-7-9-5-10(15)13(22-8-12(19)20)11(6-9)21-4-2/h5-7H,3-4,8H2,1-2H3,(H,19,20)(H2,16,18,23)/b17-7-. The third-order valence-electron chi connectivity index (χ3n) is 2.39. The van der Waals surface area contributed by atoms with Gasteiger partial charge in [-0.25, -0.2) is 4.79 Å². The van der Waals surface area contributed by atoms with Crippen LogP contribution in [0.15, 0.2) is 17.2 Å². The summed E-state index contributed by atoms with van der Waals surface area (Å²) >= 11 is 7.06. The number of rotatable bonds is 8. The van der Waals surface area contributed by atoms with Crippen molar-refractivity contribution in [3.8, 4) is 11.5 Å².